The maximum Gasteiger partial charge on any atom is 0.278 e. The number of aliphatic hydroxyl groups excluding tert-OH is 2. The number of rotatable bonds is 2. The van der Waals surface area contributed by atoms with E-state index in [4.69, 9.17) is 9.84 Å². The van der Waals surface area contributed by atoms with Crippen LogP contribution in [0.15, 0.2) is 17.4 Å². The molecule has 0 amide bonds. The van der Waals surface area contributed by atoms with Crippen molar-refractivity contribution < 1.29 is 19.3 Å². The van der Waals surface area contributed by atoms with Gasteiger partial charge in [-0.1, -0.05) is 0 Å². The Morgan fingerprint density at radius 3 is 3.00 bits per heavy atom. The molecular weight excluding hydrogens is 259 g/mol. The van der Waals surface area contributed by atoms with Gasteiger partial charge in [0.15, 0.2) is 23.6 Å². The minimum absolute atomic E-state index is 0.0705. The van der Waals surface area contributed by atoms with Crippen molar-refractivity contribution >= 4 is 11.2 Å². The quantitative estimate of drug-likeness (QED) is 0.625. The lowest BCUT2D eigenvalue weighted by molar-refractivity contribution is -0.0495. The van der Waals surface area contributed by atoms with Gasteiger partial charge in [0, 0.05) is 0 Å². The second-order valence-corrected chi connectivity index (χ2v) is 4.24. The maximum atomic E-state index is 13.6. The lowest BCUT2D eigenvalue weighted by atomic mass is 10.1. The highest BCUT2D eigenvalue weighted by Gasteiger charge is 2.45. The van der Waals surface area contributed by atoms with Crippen molar-refractivity contribution in [3.05, 3.63) is 23.0 Å². The first-order valence-corrected chi connectivity index (χ1v) is 5.62. The summed E-state index contributed by atoms with van der Waals surface area (Å²) in [7, 11) is 0. The molecule has 0 bridgehead atoms. The number of hydrogen-bond donors (Lipinski definition) is 3. The molecule has 0 radical (unpaired) electrons. The molecule has 0 spiro atoms. The Bertz CT molecular complexity index is 656. The smallest absolute Gasteiger partial charge is 0.278 e. The largest absolute Gasteiger partial charge is 0.394 e. The third kappa shape index (κ3) is 1.74. The first kappa shape index (κ1) is 12.2. The number of aromatic amines is 1. The minimum Gasteiger partial charge on any atom is -0.394 e. The van der Waals surface area contributed by atoms with Crippen molar-refractivity contribution in [2.45, 2.75) is 24.6 Å². The molecule has 8 nitrogen and oxygen atoms in total. The molecule has 2 unspecified atom stereocenters. The minimum atomic E-state index is -1.71. The molecule has 1 saturated heterocycles. The summed E-state index contributed by atoms with van der Waals surface area (Å²) in [6, 6.07) is 0. The van der Waals surface area contributed by atoms with Gasteiger partial charge >= 0.3 is 0 Å². The van der Waals surface area contributed by atoms with Crippen molar-refractivity contribution in [1.82, 2.24) is 19.5 Å². The van der Waals surface area contributed by atoms with Crippen LogP contribution in [0.1, 0.15) is 6.23 Å². The van der Waals surface area contributed by atoms with Gasteiger partial charge in [-0.2, -0.15) is 0 Å². The second-order valence-electron chi connectivity index (χ2n) is 4.24. The molecule has 0 aromatic carbocycles. The van der Waals surface area contributed by atoms with Crippen molar-refractivity contribution in [3.63, 3.8) is 0 Å². The topological polar surface area (TPSA) is 113 Å². The Morgan fingerprint density at radius 1 is 1.53 bits per heavy atom. The van der Waals surface area contributed by atoms with Crippen LogP contribution in [0.4, 0.5) is 4.39 Å². The molecule has 19 heavy (non-hydrogen) atoms. The predicted molar refractivity (Wildman–Crippen MR) is 60.0 cm³/mol. The average Bonchev–Trinajstić information content (AvgIpc) is 2.94. The zero-order valence-corrected chi connectivity index (χ0v) is 9.60. The van der Waals surface area contributed by atoms with Crippen LogP contribution in [0.5, 0.6) is 0 Å². The normalized spacial score (nSPS) is 31.1. The molecule has 102 valence electrons. The van der Waals surface area contributed by atoms with Crippen molar-refractivity contribution in [1.29, 1.82) is 0 Å². The van der Waals surface area contributed by atoms with Gasteiger partial charge in [-0.25, -0.2) is 14.4 Å². The van der Waals surface area contributed by atoms with E-state index in [1.54, 1.807) is 0 Å². The number of hydrogen-bond acceptors (Lipinski definition) is 6. The van der Waals surface area contributed by atoms with Gasteiger partial charge < -0.3 is 19.9 Å². The van der Waals surface area contributed by atoms with Crippen molar-refractivity contribution in [2.24, 2.45) is 0 Å². The summed E-state index contributed by atoms with van der Waals surface area (Å²) >= 11 is 0. The first-order valence-electron chi connectivity index (χ1n) is 5.62. The van der Waals surface area contributed by atoms with Gasteiger partial charge in [-0.3, -0.25) is 9.36 Å². The Kier molecular flexibility index (Phi) is 2.81. The van der Waals surface area contributed by atoms with E-state index < -0.39 is 36.8 Å². The highest BCUT2D eigenvalue weighted by atomic mass is 19.1. The number of aromatic nitrogens is 4. The van der Waals surface area contributed by atoms with E-state index in [2.05, 4.69) is 15.0 Å². The van der Waals surface area contributed by atoms with Crippen LogP contribution in [-0.2, 0) is 4.74 Å². The van der Waals surface area contributed by atoms with Crippen molar-refractivity contribution in [3.8, 4) is 0 Å². The summed E-state index contributed by atoms with van der Waals surface area (Å²) in [6.45, 7) is -0.546. The van der Waals surface area contributed by atoms with E-state index >= 15 is 0 Å². The van der Waals surface area contributed by atoms with Gasteiger partial charge in [-0.15, -0.1) is 0 Å². The molecule has 3 heterocycles. The van der Waals surface area contributed by atoms with Crippen LogP contribution in [-0.4, -0.2) is 54.7 Å². The van der Waals surface area contributed by atoms with E-state index in [1.165, 1.54) is 17.2 Å². The summed E-state index contributed by atoms with van der Waals surface area (Å²) in [5.41, 5.74) is -0.188. The lowest BCUT2D eigenvalue weighted by Gasteiger charge is -2.15. The van der Waals surface area contributed by atoms with E-state index in [9.17, 15) is 14.3 Å². The van der Waals surface area contributed by atoms with Crippen molar-refractivity contribution in [2.75, 3.05) is 6.61 Å². The number of nitrogens with zero attached hydrogens (tertiary/aromatic N) is 3. The molecule has 0 aliphatic carbocycles. The third-order valence-electron chi connectivity index (χ3n) is 3.11. The Labute approximate surface area is 105 Å². The maximum absolute atomic E-state index is 13.6. The summed E-state index contributed by atoms with van der Waals surface area (Å²) in [4.78, 5) is 21.6. The zero-order valence-electron chi connectivity index (χ0n) is 9.60. The lowest BCUT2D eigenvalue weighted by Crippen LogP contribution is -2.29. The molecule has 3 N–H and O–H groups in total. The van der Waals surface area contributed by atoms with E-state index in [0.717, 1.165) is 0 Å². The number of nitrogens with one attached hydrogen (secondary N) is 1. The molecule has 2 aromatic rings. The van der Waals surface area contributed by atoms with Crippen LogP contribution < -0.4 is 5.56 Å². The van der Waals surface area contributed by atoms with Gasteiger partial charge in [0.2, 0.25) is 0 Å². The monoisotopic (exact) mass is 270 g/mol. The number of H-pyrrole nitrogens is 1. The van der Waals surface area contributed by atoms with Crippen LogP contribution in [0.2, 0.25) is 0 Å². The number of imidazole rings is 1. The van der Waals surface area contributed by atoms with Crippen LogP contribution in [0.25, 0.3) is 11.2 Å². The molecule has 1 aliphatic rings. The summed E-state index contributed by atoms with van der Waals surface area (Å²) < 4.78 is 20.1. The van der Waals surface area contributed by atoms with E-state index in [1.807, 2.05) is 0 Å². The Hall–Kier alpha value is -1.84. The summed E-state index contributed by atoms with van der Waals surface area (Å²) in [5, 5.41) is 18.7. The summed E-state index contributed by atoms with van der Waals surface area (Å²) in [5.74, 6) is 0. The molecular formula is C10H11FN4O4. The number of halogens is 1. The highest BCUT2D eigenvalue weighted by molar-refractivity contribution is 5.68. The summed E-state index contributed by atoms with van der Waals surface area (Å²) in [6.07, 6.45) is -2.94. The number of aliphatic hydroxyl groups is 2. The van der Waals surface area contributed by atoms with Crippen LogP contribution in [0, 0.1) is 0 Å². The third-order valence-corrected chi connectivity index (χ3v) is 3.11. The molecule has 3 rings (SSSR count). The highest BCUT2D eigenvalue weighted by Crippen LogP contribution is 2.32. The van der Waals surface area contributed by atoms with Gasteiger partial charge in [-0.05, 0) is 0 Å². The van der Waals surface area contributed by atoms with Crippen LogP contribution in [0.3, 0.4) is 0 Å². The van der Waals surface area contributed by atoms with Gasteiger partial charge in [0.1, 0.15) is 12.2 Å². The molecule has 0 saturated carbocycles. The van der Waals surface area contributed by atoms with E-state index in [-0.39, 0.29) is 11.2 Å². The fraction of sp³-hybridized carbons (Fsp3) is 0.500. The Morgan fingerprint density at radius 2 is 2.32 bits per heavy atom. The van der Waals surface area contributed by atoms with Gasteiger partial charge in [0.25, 0.3) is 5.56 Å². The Balaban J connectivity index is 2.06. The molecule has 2 aromatic heterocycles. The fourth-order valence-electron chi connectivity index (χ4n) is 2.13. The van der Waals surface area contributed by atoms with Gasteiger partial charge in [0.05, 0.1) is 19.3 Å². The zero-order chi connectivity index (χ0) is 13.6. The number of fused-ring (bicyclic) bond motifs is 1. The average molecular weight is 270 g/mol. The fourth-order valence-corrected chi connectivity index (χ4v) is 2.13. The first-order chi connectivity index (χ1) is 9.13. The molecule has 4 atom stereocenters. The van der Waals surface area contributed by atoms with Crippen LogP contribution >= 0.6 is 0 Å². The SMILES string of the molecule is O=c1[nH]cnc2c1ncn2[C@@H]1O[C@H](CO)C(F)C1O. The second kappa shape index (κ2) is 4.37. The molecule has 9 heteroatoms. The number of alkyl halides is 1. The van der Waals surface area contributed by atoms with E-state index in [0.29, 0.717) is 0 Å². The predicted octanol–water partition coefficient (Wildman–Crippen LogP) is -1.29. The molecule has 1 fully saturated rings. The molecule has 1 aliphatic heterocycles. The standard InChI is InChI=1S/C10H11FN4O4/c11-5-4(1-16)19-10(7(5)17)15-3-14-6-8(15)12-2-13-9(6)18/h2-5,7,10,16-17H,1H2,(H,12,13,18)/t4-,5?,7?,10-/m1/s1. The number of ether oxygens (including phenoxy) is 1.